The van der Waals surface area contributed by atoms with Crippen molar-refractivity contribution in [2.75, 3.05) is 6.54 Å². The molecule has 1 heterocycles. The second-order valence-electron chi connectivity index (χ2n) is 4.31. The van der Waals surface area contributed by atoms with E-state index >= 15 is 0 Å². The van der Waals surface area contributed by atoms with Gasteiger partial charge in [-0.25, -0.2) is 9.67 Å². The van der Waals surface area contributed by atoms with Gasteiger partial charge in [-0.3, -0.25) is 0 Å². The van der Waals surface area contributed by atoms with E-state index in [-0.39, 0.29) is 0 Å². The molecule has 1 aromatic heterocycles. The molecule has 0 spiro atoms. The number of hydrogen-bond donors (Lipinski definition) is 1. The van der Waals surface area contributed by atoms with Crippen molar-refractivity contribution >= 4 is 11.8 Å². The van der Waals surface area contributed by atoms with E-state index in [1.165, 1.54) is 25.7 Å². The van der Waals surface area contributed by atoms with Gasteiger partial charge in [0.15, 0.2) is 5.16 Å². The monoisotopic (exact) mass is 240 g/mol. The van der Waals surface area contributed by atoms with Gasteiger partial charge in [-0.1, -0.05) is 25.1 Å². The molecule has 2 unspecified atom stereocenters. The summed E-state index contributed by atoms with van der Waals surface area (Å²) in [5.74, 6) is 0. The Hall–Kier alpha value is -0.550. The molecule has 0 bridgehead atoms. The number of aryl methyl sites for hydroxylation is 1. The molecule has 1 N–H and O–H groups in total. The fourth-order valence-corrected chi connectivity index (χ4v) is 3.42. The average molecular weight is 240 g/mol. The lowest BCUT2D eigenvalue weighted by Crippen LogP contribution is -2.34. The normalized spacial score (nSPS) is 25.1. The Labute approximate surface area is 101 Å². The molecule has 2 rings (SSSR count). The lowest BCUT2D eigenvalue weighted by atomic mass is 10.2. The van der Waals surface area contributed by atoms with Crippen molar-refractivity contribution in [3.63, 3.8) is 0 Å². The molecule has 90 valence electrons. The first kappa shape index (κ1) is 11.9. The Bertz CT molecular complexity index is 326. The molecule has 0 aliphatic heterocycles. The zero-order chi connectivity index (χ0) is 11.4. The van der Waals surface area contributed by atoms with Crippen LogP contribution in [-0.4, -0.2) is 32.6 Å². The van der Waals surface area contributed by atoms with Gasteiger partial charge in [0.05, 0.1) is 0 Å². The van der Waals surface area contributed by atoms with Gasteiger partial charge in [-0.05, 0) is 25.8 Å². The molecular formula is C11H20N4S. The second-order valence-corrected chi connectivity index (χ2v) is 5.52. The third-order valence-corrected chi connectivity index (χ3v) is 4.48. The van der Waals surface area contributed by atoms with Crippen LogP contribution in [0.15, 0.2) is 11.5 Å². The molecular weight excluding hydrogens is 220 g/mol. The topological polar surface area (TPSA) is 42.7 Å². The van der Waals surface area contributed by atoms with Crippen LogP contribution in [0.4, 0.5) is 0 Å². The maximum absolute atomic E-state index is 4.28. The van der Waals surface area contributed by atoms with Crippen molar-refractivity contribution in [2.45, 2.75) is 49.1 Å². The third kappa shape index (κ3) is 2.77. The van der Waals surface area contributed by atoms with E-state index in [2.05, 4.69) is 22.3 Å². The highest BCUT2D eigenvalue weighted by Gasteiger charge is 2.28. The van der Waals surface area contributed by atoms with E-state index in [0.717, 1.165) is 11.7 Å². The summed E-state index contributed by atoms with van der Waals surface area (Å²) in [4.78, 5) is 4.28. The second kappa shape index (κ2) is 5.68. The molecule has 2 atom stereocenters. The summed E-state index contributed by atoms with van der Waals surface area (Å²) in [6.45, 7) is 3.34. The highest BCUT2D eigenvalue weighted by molar-refractivity contribution is 7.99. The zero-order valence-electron chi connectivity index (χ0n) is 10.0. The Morgan fingerprint density at radius 2 is 2.44 bits per heavy atom. The summed E-state index contributed by atoms with van der Waals surface area (Å²) in [7, 11) is 1.96. The fraction of sp³-hybridized carbons (Fsp3) is 0.818. The molecule has 16 heavy (non-hydrogen) atoms. The van der Waals surface area contributed by atoms with Gasteiger partial charge >= 0.3 is 0 Å². The maximum Gasteiger partial charge on any atom is 0.186 e. The highest BCUT2D eigenvalue weighted by Crippen LogP contribution is 2.33. The van der Waals surface area contributed by atoms with Gasteiger partial charge in [0.1, 0.15) is 6.33 Å². The maximum atomic E-state index is 4.28. The molecule has 1 aromatic rings. The lowest BCUT2D eigenvalue weighted by molar-refractivity contribution is 0.529. The van der Waals surface area contributed by atoms with Crippen molar-refractivity contribution in [2.24, 2.45) is 7.05 Å². The van der Waals surface area contributed by atoms with E-state index in [4.69, 9.17) is 0 Å². The number of hydrogen-bond acceptors (Lipinski definition) is 4. The Morgan fingerprint density at radius 3 is 3.12 bits per heavy atom. The van der Waals surface area contributed by atoms with Crippen molar-refractivity contribution in [1.82, 2.24) is 20.1 Å². The first-order valence-electron chi connectivity index (χ1n) is 6.05. The van der Waals surface area contributed by atoms with Crippen LogP contribution < -0.4 is 5.32 Å². The van der Waals surface area contributed by atoms with Gasteiger partial charge in [0, 0.05) is 18.3 Å². The van der Waals surface area contributed by atoms with E-state index in [9.17, 15) is 0 Å². The van der Waals surface area contributed by atoms with Crippen LogP contribution in [0, 0.1) is 0 Å². The SMILES string of the molecule is CCCNC1CCCC1Sc1ncnn1C. The number of thioether (sulfide) groups is 1. The molecule has 0 saturated heterocycles. The van der Waals surface area contributed by atoms with E-state index < -0.39 is 0 Å². The quantitative estimate of drug-likeness (QED) is 0.852. The largest absolute Gasteiger partial charge is 0.313 e. The van der Waals surface area contributed by atoms with Crippen molar-refractivity contribution in [1.29, 1.82) is 0 Å². The summed E-state index contributed by atoms with van der Waals surface area (Å²) in [5.41, 5.74) is 0. The predicted molar refractivity (Wildman–Crippen MR) is 66.6 cm³/mol. The summed E-state index contributed by atoms with van der Waals surface area (Å²) in [6.07, 6.45) is 6.76. The number of rotatable bonds is 5. The first-order valence-corrected chi connectivity index (χ1v) is 6.93. The van der Waals surface area contributed by atoms with Crippen LogP contribution in [0.25, 0.3) is 0 Å². The smallest absolute Gasteiger partial charge is 0.186 e. The van der Waals surface area contributed by atoms with Gasteiger partial charge in [0.25, 0.3) is 0 Å². The van der Waals surface area contributed by atoms with Gasteiger partial charge in [-0.15, -0.1) is 0 Å². The summed E-state index contributed by atoms with van der Waals surface area (Å²) >= 11 is 1.87. The highest BCUT2D eigenvalue weighted by atomic mass is 32.2. The molecule has 1 fully saturated rings. The van der Waals surface area contributed by atoms with Crippen LogP contribution in [0.1, 0.15) is 32.6 Å². The standard InChI is InChI=1S/C11H20N4S/c1-3-7-12-9-5-4-6-10(9)16-11-13-8-14-15(11)2/h8-10,12H,3-7H2,1-2H3. The number of aromatic nitrogens is 3. The van der Waals surface area contributed by atoms with E-state index in [0.29, 0.717) is 11.3 Å². The van der Waals surface area contributed by atoms with Crippen LogP contribution >= 0.6 is 11.8 Å². The summed E-state index contributed by atoms with van der Waals surface area (Å²) < 4.78 is 1.86. The van der Waals surface area contributed by atoms with Crippen LogP contribution in [0.5, 0.6) is 0 Å². The molecule has 4 nitrogen and oxygen atoms in total. The van der Waals surface area contributed by atoms with Crippen LogP contribution in [-0.2, 0) is 7.05 Å². The predicted octanol–water partition coefficient (Wildman–Crippen LogP) is 1.83. The number of nitrogens with zero attached hydrogens (tertiary/aromatic N) is 3. The summed E-state index contributed by atoms with van der Waals surface area (Å²) in [5, 5.41) is 9.44. The van der Waals surface area contributed by atoms with E-state index in [1.54, 1.807) is 6.33 Å². The van der Waals surface area contributed by atoms with Crippen LogP contribution in [0.2, 0.25) is 0 Å². The van der Waals surface area contributed by atoms with Crippen LogP contribution in [0.3, 0.4) is 0 Å². The molecule has 5 heteroatoms. The minimum absolute atomic E-state index is 0.654. The first-order chi connectivity index (χ1) is 7.81. The zero-order valence-corrected chi connectivity index (χ0v) is 10.8. The van der Waals surface area contributed by atoms with Crippen molar-refractivity contribution < 1.29 is 0 Å². The molecule has 0 radical (unpaired) electrons. The fourth-order valence-electron chi connectivity index (χ4n) is 2.16. The third-order valence-electron chi connectivity index (χ3n) is 3.04. The summed E-state index contributed by atoms with van der Waals surface area (Å²) in [6, 6.07) is 0.654. The molecule has 0 amide bonds. The average Bonchev–Trinajstić information content (AvgIpc) is 2.87. The number of nitrogens with one attached hydrogen (secondary N) is 1. The Balaban J connectivity index is 1.91. The Morgan fingerprint density at radius 1 is 1.56 bits per heavy atom. The van der Waals surface area contributed by atoms with E-state index in [1.807, 2.05) is 23.5 Å². The van der Waals surface area contributed by atoms with Gasteiger partial charge in [-0.2, -0.15) is 5.10 Å². The van der Waals surface area contributed by atoms with Gasteiger partial charge < -0.3 is 5.32 Å². The molecule has 1 aliphatic rings. The minimum Gasteiger partial charge on any atom is -0.313 e. The van der Waals surface area contributed by atoms with Crippen molar-refractivity contribution in [3.8, 4) is 0 Å². The molecule has 1 saturated carbocycles. The lowest BCUT2D eigenvalue weighted by Gasteiger charge is -2.19. The van der Waals surface area contributed by atoms with Crippen molar-refractivity contribution in [3.05, 3.63) is 6.33 Å². The molecule has 1 aliphatic carbocycles. The minimum atomic E-state index is 0.654. The Kier molecular flexibility index (Phi) is 4.23. The van der Waals surface area contributed by atoms with Gasteiger partial charge in [0.2, 0.25) is 0 Å². The molecule has 0 aromatic carbocycles.